The number of carboxylic acids is 1. The van der Waals surface area contributed by atoms with Crippen molar-refractivity contribution in [3.63, 3.8) is 0 Å². The van der Waals surface area contributed by atoms with E-state index in [9.17, 15) is 18.0 Å². The summed E-state index contributed by atoms with van der Waals surface area (Å²) in [5.74, 6) is -0.855. The van der Waals surface area contributed by atoms with E-state index >= 15 is 0 Å². The molecule has 1 amide bonds. The van der Waals surface area contributed by atoms with Gasteiger partial charge in [0.25, 0.3) is 0 Å². The van der Waals surface area contributed by atoms with Gasteiger partial charge in [-0.3, -0.25) is 9.59 Å². The number of nitrogens with one attached hydrogen (secondary N) is 1. The number of ether oxygens (including phenoxy) is 1. The highest BCUT2D eigenvalue weighted by molar-refractivity contribution is 7.89. The summed E-state index contributed by atoms with van der Waals surface area (Å²) in [7, 11) is -0.955. The van der Waals surface area contributed by atoms with Crippen molar-refractivity contribution in [3.8, 4) is 5.88 Å². The topological polar surface area (TPSA) is 139 Å². The van der Waals surface area contributed by atoms with Gasteiger partial charge in [0.15, 0.2) is 5.13 Å². The Balaban J connectivity index is 1.55. The van der Waals surface area contributed by atoms with Crippen LogP contribution in [0, 0.1) is 5.92 Å². The van der Waals surface area contributed by atoms with Crippen LogP contribution in [0.25, 0.3) is 10.3 Å². The summed E-state index contributed by atoms with van der Waals surface area (Å²) in [6.45, 7) is -0.130. The van der Waals surface area contributed by atoms with E-state index in [0.717, 1.165) is 35.6 Å². The van der Waals surface area contributed by atoms with Gasteiger partial charge in [-0.15, -0.1) is 0 Å². The number of carbonyl (C=O) groups is 2. The first kappa shape index (κ1) is 27.0. The molecule has 1 saturated carbocycles. The van der Waals surface area contributed by atoms with Gasteiger partial charge in [-0.2, -0.15) is 0 Å². The van der Waals surface area contributed by atoms with Crippen molar-refractivity contribution >= 4 is 48.7 Å². The number of nitrogens with zero attached hydrogens (tertiary/aromatic N) is 3. The highest BCUT2D eigenvalue weighted by atomic mass is 32.2. The second-order valence-electron chi connectivity index (χ2n) is 9.16. The third-order valence-electron chi connectivity index (χ3n) is 6.66. The van der Waals surface area contributed by atoms with E-state index < -0.39 is 21.9 Å². The van der Waals surface area contributed by atoms with Crippen molar-refractivity contribution in [3.05, 3.63) is 42.0 Å². The van der Waals surface area contributed by atoms with Crippen LogP contribution in [0.1, 0.15) is 50.0 Å². The number of sulfonamides is 1. The fraction of sp³-hybridized carbons (Fsp3) is 0.440. The number of benzene rings is 1. The van der Waals surface area contributed by atoms with Crippen LogP contribution in [0.3, 0.4) is 0 Å². The molecule has 3 aromatic rings. The fourth-order valence-electron chi connectivity index (χ4n) is 4.56. The van der Waals surface area contributed by atoms with Gasteiger partial charge in [0.2, 0.25) is 21.8 Å². The van der Waals surface area contributed by atoms with Crippen molar-refractivity contribution in [1.29, 1.82) is 0 Å². The molecule has 2 heterocycles. The monoisotopic (exact) mass is 546 g/mol. The third-order valence-corrected chi connectivity index (χ3v) is 9.41. The molecule has 2 aromatic heterocycles. The molecule has 12 heteroatoms. The summed E-state index contributed by atoms with van der Waals surface area (Å²) < 4.78 is 31.9. The molecule has 0 aliphatic heterocycles. The minimum atomic E-state index is -3.84. The number of hydrogen-bond acceptors (Lipinski definition) is 8. The fourth-order valence-corrected chi connectivity index (χ4v) is 6.56. The maximum Gasteiger partial charge on any atom is 0.304 e. The van der Waals surface area contributed by atoms with Gasteiger partial charge in [0.05, 0.1) is 24.3 Å². The quantitative estimate of drug-likeness (QED) is 0.367. The van der Waals surface area contributed by atoms with Crippen LogP contribution in [0.15, 0.2) is 41.3 Å². The molecule has 1 aromatic carbocycles. The van der Waals surface area contributed by atoms with E-state index in [1.807, 2.05) is 0 Å². The molecule has 10 nitrogen and oxygen atoms in total. The molecule has 1 aliphatic carbocycles. The zero-order valence-electron chi connectivity index (χ0n) is 20.7. The predicted molar refractivity (Wildman–Crippen MR) is 140 cm³/mol. The minimum absolute atomic E-state index is 0.0513. The number of anilines is 1. The minimum Gasteiger partial charge on any atom is -0.481 e. The number of pyridine rings is 1. The van der Waals surface area contributed by atoms with Crippen molar-refractivity contribution in [2.75, 3.05) is 26.0 Å². The molecular formula is C25H30N4O6S2. The summed E-state index contributed by atoms with van der Waals surface area (Å²) >= 11 is 1.27. The van der Waals surface area contributed by atoms with Crippen LogP contribution in [-0.4, -0.2) is 60.4 Å². The normalized spacial score (nSPS) is 15.2. The third kappa shape index (κ3) is 6.43. The molecule has 4 rings (SSSR count). The van der Waals surface area contributed by atoms with Crippen molar-refractivity contribution < 1.29 is 27.9 Å². The predicted octanol–water partition coefficient (Wildman–Crippen LogP) is 4.10. The molecule has 0 spiro atoms. The molecule has 0 unspecified atom stereocenters. The summed E-state index contributed by atoms with van der Waals surface area (Å²) in [6.07, 6.45) is 4.79. The summed E-state index contributed by atoms with van der Waals surface area (Å²) in [4.78, 5) is 33.8. The second-order valence-corrected chi connectivity index (χ2v) is 12.2. The Morgan fingerprint density at radius 3 is 2.51 bits per heavy atom. The summed E-state index contributed by atoms with van der Waals surface area (Å²) in [6, 6.07) is 9.79. The lowest BCUT2D eigenvalue weighted by molar-refractivity contribution is -0.137. The van der Waals surface area contributed by atoms with Gasteiger partial charge in [0.1, 0.15) is 10.3 Å². The number of thiazole rings is 1. The number of hydrogen-bond donors (Lipinski definition) is 2. The standard InChI is InChI=1S/C25H30N4O6S2/c1-29(14-13-22(30)31)37(33,34)18-9-7-17(8-10-18)19(15-16-5-3-4-6-16)23(32)28-25-26-20-11-12-21(35-2)27-24(20)36-25/h7-12,16,19H,3-6,13-15H2,1-2H3,(H,30,31)(H,26,28,32)/t19-/m0/s1. The first-order valence-electron chi connectivity index (χ1n) is 12.1. The number of rotatable bonds is 11. The number of amides is 1. The first-order chi connectivity index (χ1) is 17.7. The Kier molecular flexibility index (Phi) is 8.40. The van der Waals surface area contributed by atoms with E-state index in [1.54, 1.807) is 24.3 Å². The molecule has 1 atom stereocenters. The molecule has 0 radical (unpaired) electrons. The van der Waals surface area contributed by atoms with Crippen molar-refractivity contribution in [2.45, 2.75) is 49.3 Å². The van der Waals surface area contributed by atoms with E-state index in [0.29, 0.717) is 33.7 Å². The van der Waals surface area contributed by atoms with Gasteiger partial charge < -0.3 is 15.2 Å². The average Bonchev–Trinajstić information content (AvgIpc) is 3.54. The Morgan fingerprint density at radius 1 is 1.16 bits per heavy atom. The molecule has 37 heavy (non-hydrogen) atoms. The molecule has 198 valence electrons. The second kappa shape index (κ2) is 11.5. The number of fused-ring (bicyclic) bond motifs is 1. The highest BCUT2D eigenvalue weighted by Crippen LogP contribution is 2.36. The Hall–Kier alpha value is -3.09. The Morgan fingerprint density at radius 2 is 1.86 bits per heavy atom. The lowest BCUT2D eigenvalue weighted by Gasteiger charge is -2.21. The van der Waals surface area contributed by atoms with Crippen LogP contribution in [-0.2, 0) is 19.6 Å². The number of carbonyl (C=O) groups excluding carboxylic acids is 1. The summed E-state index contributed by atoms with van der Waals surface area (Å²) in [5, 5.41) is 12.2. The van der Waals surface area contributed by atoms with Crippen molar-refractivity contribution in [1.82, 2.24) is 14.3 Å². The van der Waals surface area contributed by atoms with Gasteiger partial charge in [-0.1, -0.05) is 49.2 Å². The summed E-state index contributed by atoms with van der Waals surface area (Å²) in [5.41, 5.74) is 1.38. The van der Waals surface area contributed by atoms with E-state index in [1.165, 1.54) is 37.6 Å². The zero-order valence-corrected chi connectivity index (χ0v) is 22.3. The van der Waals surface area contributed by atoms with Crippen LogP contribution < -0.4 is 10.1 Å². The number of aromatic nitrogens is 2. The maximum absolute atomic E-state index is 13.5. The SMILES string of the molecule is COc1ccc2nc(NC(=O)[C@@H](CC3CCCC3)c3ccc(S(=O)(=O)N(C)CCC(=O)O)cc3)sc2n1. The van der Waals surface area contributed by atoms with Gasteiger partial charge in [-0.25, -0.2) is 22.7 Å². The van der Waals surface area contributed by atoms with Crippen LogP contribution >= 0.6 is 11.3 Å². The van der Waals surface area contributed by atoms with Crippen LogP contribution in [0.4, 0.5) is 5.13 Å². The maximum atomic E-state index is 13.5. The number of aliphatic carboxylic acids is 1. The average molecular weight is 547 g/mol. The number of carboxylic acid groups (broad SMARTS) is 1. The molecule has 1 fully saturated rings. The Bertz CT molecular complexity index is 1370. The highest BCUT2D eigenvalue weighted by Gasteiger charge is 2.28. The molecule has 0 bridgehead atoms. The largest absolute Gasteiger partial charge is 0.481 e. The van der Waals surface area contributed by atoms with E-state index in [4.69, 9.17) is 9.84 Å². The van der Waals surface area contributed by atoms with Crippen molar-refractivity contribution in [2.24, 2.45) is 5.92 Å². The first-order valence-corrected chi connectivity index (χ1v) is 14.3. The lowest BCUT2D eigenvalue weighted by atomic mass is 9.87. The van der Waals surface area contributed by atoms with E-state index in [2.05, 4.69) is 15.3 Å². The van der Waals surface area contributed by atoms with Gasteiger partial charge in [-0.05, 0) is 36.1 Å². The Labute approximate surface area is 219 Å². The van der Waals surface area contributed by atoms with Gasteiger partial charge in [0, 0.05) is 19.7 Å². The molecule has 0 saturated heterocycles. The van der Waals surface area contributed by atoms with Crippen LogP contribution in [0.5, 0.6) is 5.88 Å². The lowest BCUT2D eigenvalue weighted by Crippen LogP contribution is -2.29. The molecule has 2 N–H and O–H groups in total. The van der Waals surface area contributed by atoms with Gasteiger partial charge >= 0.3 is 5.97 Å². The smallest absolute Gasteiger partial charge is 0.304 e. The van der Waals surface area contributed by atoms with Crippen LogP contribution in [0.2, 0.25) is 0 Å². The zero-order chi connectivity index (χ0) is 26.6. The van der Waals surface area contributed by atoms with E-state index in [-0.39, 0.29) is 23.8 Å². The molecule has 1 aliphatic rings. The molecular weight excluding hydrogens is 516 g/mol. The number of methoxy groups -OCH3 is 1.